The summed E-state index contributed by atoms with van der Waals surface area (Å²) in [5, 5.41) is 0. The van der Waals surface area contributed by atoms with Gasteiger partial charge in [0.2, 0.25) is 0 Å². The fourth-order valence-corrected chi connectivity index (χ4v) is 3.79. The lowest BCUT2D eigenvalue weighted by Crippen LogP contribution is -2.30. The van der Waals surface area contributed by atoms with E-state index in [1.54, 1.807) is 6.07 Å². The molecule has 0 amide bonds. The van der Waals surface area contributed by atoms with Crippen LogP contribution in [0.3, 0.4) is 0 Å². The van der Waals surface area contributed by atoms with Crippen LogP contribution in [0.25, 0.3) is 0 Å². The Hall–Kier alpha value is -1.13. The summed E-state index contributed by atoms with van der Waals surface area (Å²) in [6, 6.07) is 6.12. The molecule has 2 aliphatic heterocycles. The van der Waals surface area contributed by atoms with E-state index in [-0.39, 0.29) is 5.82 Å². The Balaban J connectivity index is 1.77. The van der Waals surface area contributed by atoms with Crippen molar-refractivity contribution in [3.8, 4) is 0 Å². The highest BCUT2D eigenvalue weighted by atomic mass is 19.1. The predicted molar refractivity (Wildman–Crippen MR) is 85.0 cm³/mol. The highest BCUT2D eigenvalue weighted by Gasteiger charge is 2.30. The standard InChI is InChI=1S/C17H26FN3/c1-20-12-13(11-19)9-17(20)14-5-6-16(15(18)10-14)21-7-3-2-4-8-21/h5-6,10,13,17H,2-4,7-9,11-12,19H2,1H3. The molecular formula is C17H26FN3. The molecule has 2 saturated heterocycles. The SMILES string of the molecule is CN1CC(CN)CC1c1ccc(N2CCCCC2)c(F)c1. The molecule has 2 heterocycles. The molecule has 0 saturated carbocycles. The second-order valence-electron chi connectivity index (χ2n) is 6.55. The lowest BCUT2D eigenvalue weighted by atomic mass is 9.99. The average molecular weight is 291 g/mol. The molecule has 0 bridgehead atoms. The lowest BCUT2D eigenvalue weighted by molar-refractivity contribution is 0.313. The van der Waals surface area contributed by atoms with Crippen LogP contribution < -0.4 is 10.6 Å². The van der Waals surface area contributed by atoms with Gasteiger partial charge in [0.05, 0.1) is 5.69 Å². The zero-order valence-electron chi connectivity index (χ0n) is 12.9. The van der Waals surface area contributed by atoms with Gasteiger partial charge in [0.1, 0.15) is 5.82 Å². The van der Waals surface area contributed by atoms with Crippen LogP contribution in [0.4, 0.5) is 10.1 Å². The highest BCUT2D eigenvalue weighted by molar-refractivity contribution is 5.50. The van der Waals surface area contributed by atoms with Gasteiger partial charge in [0.25, 0.3) is 0 Å². The number of nitrogens with zero attached hydrogens (tertiary/aromatic N) is 2. The van der Waals surface area contributed by atoms with Crippen LogP contribution in [0.1, 0.15) is 37.3 Å². The van der Waals surface area contributed by atoms with Crippen LogP contribution in [-0.4, -0.2) is 38.1 Å². The third-order valence-electron chi connectivity index (χ3n) is 5.02. The summed E-state index contributed by atoms with van der Waals surface area (Å²) in [6.45, 7) is 3.69. The minimum absolute atomic E-state index is 0.0704. The monoisotopic (exact) mass is 291 g/mol. The summed E-state index contributed by atoms with van der Waals surface area (Å²) >= 11 is 0. The Labute approximate surface area is 126 Å². The highest BCUT2D eigenvalue weighted by Crippen LogP contribution is 2.35. The van der Waals surface area contributed by atoms with Crippen LogP contribution >= 0.6 is 0 Å². The largest absolute Gasteiger partial charge is 0.369 e. The average Bonchev–Trinajstić information content (AvgIpc) is 2.89. The normalized spacial score (nSPS) is 27.3. The van der Waals surface area contributed by atoms with E-state index < -0.39 is 0 Å². The Morgan fingerprint density at radius 2 is 2.00 bits per heavy atom. The van der Waals surface area contributed by atoms with Crippen molar-refractivity contribution in [2.24, 2.45) is 11.7 Å². The zero-order valence-corrected chi connectivity index (χ0v) is 12.9. The second kappa shape index (κ2) is 6.32. The lowest BCUT2D eigenvalue weighted by Gasteiger charge is -2.29. The topological polar surface area (TPSA) is 32.5 Å². The molecule has 2 N–H and O–H groups in total. The molecule has 2 atom stereocenters. The number of likely N-dealkylation sites (tertiary alicyclic amines) is 1. The minimum atomic E-state index is -0.0704. The van der Waals surface area contributed by atoms with Gasteiger partial charge in [-0.15, -0.1) is 0 Å². The molecule has 2 unspecified atom stereocenters. The molecule has 21 heavy (non-hydrogen) atoms. The number of halogens is 1. The van der Waals surface area contributed by atoms with Crippen molar-refractivity contribution in [2.75, 3.05) is 38.1 Å². The molecule has 2 aliphatic rings. The maximum Gasteiger partial charge on any atom is 0.146 e. The van der Waals surface area contributed by atoms with Crippen molar-refractivity contribution in [1.29, 1.82) is 0 Å². The Bertz CT molecular complexity index is 485. The van der Waals surface area contributed by atoms with E-state index >= 15 is 0 Å². The van der Waals surface area contributed by atoms with Crippen molar-refractivity contribution >= 4 is 5.69 Å². The summed E-state index contributed by atoms with van der Waals surface area (Å²) in [6.07, 6.45) is 4.65. The first-order valence-corrected chi connectivity index (χ1v) is 8.13. The van der Waals surface area contributed by atoms with E-state index in [0.717, 1.165) is 43.9 Å². The Morgan fingerprint density at radius 3 is 2.62 bits per heavy atom. The number of rotatable bonds is 3. The van der Waals surface area contributed by atoms with Gasteiger partial charge >= 0.3 is 0 Å². The first kappa shape index (κ1) is 14.8. The summed E-state index contributed by atoms with van der Waals surface area (Å²) in [4.78, 5) is 4.48. The van der Waals surface area contributed by atoms with Crippen molar-refractivity contribution < 1.29 is 4.39 Å². The zero-order chi connectivity index (χ0) is 14.8. The molecule has 3 rings (SSSR count). The van der Waals surface area contributed by atoms with Gasteiger partial charge in [-0.3, -0.25) is 4.90 Å². The smallest absolute Gasteiger partial charge is 0.146 e. The third kappa shape index (κ3) is 3.06. The predicted octanol–water partition coefficient (Wildman–Crippen LogP) is 2.77. The summed E-state index contributed by atoms with van der Waals surface area (Å²) in [7, 11) is 2.11. The van der Waals surface area contributed by atoms with E-state index in [9.17, 15) is 4.39 Å². The van der Waals surface area contributed by atoms with Crippen molar-refractivity contribution in [1.82, 2.24) is 4.90 Å². The van der Waals surface area contributed by atoms with Crippen LogP contribution in [0.5, 0.6) is 0 Å². The van der Waals surface area contributed by atoms with Crippen LogP contribution in [0, 0.1) is 11.7 Å². The van der Waals surface area contributed by atoms with Gasteiger partial charge < -0.3 is 10.6 Å². The van der Waals surface area contributed by atoms with Crippen molar-refractivity contribution in [2.45, 2.75) is 31.7 Å². The van der Waals surface area contributed by atoms with Crippen LogP contribution in [0.15, 0.2) is 18.2 Å². The van der Waals surface area contributed by atoms with E-state index in [1.165, 1.54) is 19.3 Å². The second-order valence-corrected chi connectivity index (χ2v) is 6.55. The van der Waals surface area contributed by atoms with Gasteiger partial charge in [-0.2, -0.15) is 0 Å². The fraction of sp³-hybridized carbons (Fsp3) is 0.647. The number of nitrogens with two attached hydrogens (primary N) is 1. The number of hydrogen-bond donors (Lipinski definition) is 1. The van der Waals surface area contributed by atoms with E-state index in [1.807, 2.05) is 6.07 Å². The summed E-state index contributed by atoms with van der Waals surface area (Å²) in [5.41, 5.74) is 7.64. The first-order chi connectivity index (χ1) is 10.2. The first-order valence-electron chi connectivity index (χ1n) is 8.13. The molecule has 0 spiro atoms. The summed E-state index contributed by atoms with van der Waals surface area (Å²) < 4.78 is 14.5. The molecule has 0 aliphatic carbocycles. The third-order valence-corrected chi connectivity index (χ3v) is 5.02. The number of hydrogen-bond acceptors (Lipinski definition) is 3. The van der Waals surface area contributed by atoms with E-state index in [4.69, 9.17) is 5.73 Å². The molecule has 0 aromatic heterocycles. The van der Waals surface area contributed by atoms with Gasteiger partial charge in [-0.25, -0.2) is 4.39 Å². The number of benzene rings is 1. The molecule has 1 aromatic carbocycles. The molecule has 4 heteroatoms. The minimum Gasteiger partial charge on any atom is -0.369 e. The Morgan fingerprint density at radius 1 is 1.24 bits per heavy atom. The molecule has 2 fully saturated rings. The molecular weight excluding hydrogens is 265 g/mol. The quantitative estimate of drug-likeness (QED) is 0.929. The maximum absolute atomic E-state index is 14.5. The van der Waals surface area contributed by atoms with Crippen LogP contribution in [-0.2, 0) is 0 Å². The van der Waals surface area contributed by atoms with Gasteiger partial charge in [0, 0.05) is 25.7 Å². The van der Waals surface area contributed by atoms with E-state index in [0.29, 0.717) is 12.0 Å². The van der Waals surface area contributed by atoms with Gasteiger partial charge in [-0.05, 0) is 62.9 Å². The number of piperidine rings is 1. The molecule has 0 radical (unpaired) electrons. The Kier molecular flexibility index (Phi) is 4.45. The van der Waals surface area contributed by atoms with E-state index in [2.05, 4.69) is 22.9 Å². The van der Waals surface area contributed by atoms with Gasteiger partial charge in [0.15, 0.2) is 0 Å². The number of anilines is 1. The van der Waals surface area contributed by atoms with Crippen LogP contribution in [0.2, 0.25) is 0 Å². The fourth-order valence-electron chi connectivity index (χ4n) is 3.79. The maximum atomic E-state index is 14.5. The molecule has 116 valence electrons. The van der Waals surface area contributed by atoms with Gasteiger partial charge in [-0.1, -0.05) is 6.07 Å². The van der Waals surface area contributed by atoms with Crippen molar-refractivity contribution in [3.63, 3.8) is 0 Å². The molecule has 1 aromatic rings. The summed E-state index contributed by atoms with van der Waals surface area (Å²) in [5.74, 6) is 0.462. The van der Waals surface area contributed by atoms with Crippen molar-refractivity contribution in [3.05, 3.63) is 29.6 Å². The molecule has 3 nitrogen and oxygen atoms in total.